The predicted molar refractivity (Wildman–Crippen MR) is 117 cm³/mol. The number of thiazole rings is 1. The van der Waals surface area contributed by atoms with E-state index in [1.165, 1.54) is 22.3 Å². The van der Waals surface area contributed by atoms with Gasteiger partial charge in [-0.15, -0.1) is 11.3 Å². The van der Waals surface area contributed by atoms with Crippen molar-refractivity contribution in [1.29, 1.82) is 0 Å². The number of ketones is 1. The van der Waals surface area contributed by atoms with E-state index in [9.17, 15) is 9.59 Å². The number of carbonyl (C=O) groups is 2. The Bertz CT molecular complexity index is 1020. The molecule has 7 heteroatoms. The number of hydrogen-bond donors (Lipinski definition) is 0. The van der Waals surface area contributed by atoms with Crippen molar-refractivity contribution in [3.63, 3.8) is 0 Å². The van der Waals surface area contributed by atoms with Crippen molar-refractivity contribution >= 4 is 40.7 Å². The van der Waals surface area contributed by atoms with Gasteiger partial charge in [0.25, 0.3) is 5.91 Å². The summed E-state index contributed by atoms with van der Waals surface area (Å²) in [5, 5.41) is 3.44. The minimum atomic E-state index is -0.137. The van der Waals surface area contributed by atoms with Gasteiger partial charge in [0.05, 0.1) is 5.69 Å². The number of hydrogen-bond acceptors (Lipinski definition) is 5. The number of nitrogens with zero attached hydrogens (tertiary/aromatic N) is 2. The number of benzene rings is 2. The van der Waals surface area contributed by atoms with E-state index in [0.29, 0.717) is 16.3 Å². The molecule has 0 aliphatic carbocycles. The maximum absolute atomic E-state index is 12.4. The molecule has 1 aromatic heterocycles. The molecule has 0 aliphatic heterocycles. The van der Waals surface area contributed by atoms with Gasteiger partial charge in [-0.1, -0.05) is 23.7 Å². The number of amides is 1. The van der Waals surface area contributed by atoms with Gasteiger partial charge in [-0.3, -0.25) is 9.59 Å². The normalized spacial score (nSPS) is 10.9. The number of aromatic nitrogens is 1. The third-order valence-corrected chi connectivity index (χ3v) is 5.18. The molecule has 1 heterocycles. The van der Waals surface area contributed by atoms with Crippen LogP contribution in [0, 0.1) is 0 Å². The molecule has 2 aromatic carbocycles. The minimum absolute atomic E-state index is 0.0417. The van der Waals surface area contributed by atoms with Gasteiger partial charge in [-0.2, -0.15) is 0 Å². The van der Waals surface area contributed by atoms with Gasteiger partial charge in [0.2, 0.25) is 0 Å². The van der Waals surface area contributed by atoms with Crippen molar-refractivity contribution in [2.24, 2.45) is 0 Å². The lowest BCUT2D eigenvalue weighted by molar-refractivity contribution is -0.130. The van der Waals surface area contributed by atoms with E-state index in [1.54, 1.807) is 44.4 Å². The fourth-order valence-corrected chi connectivity index (χ4v) is 3.25. The maximum Gasteiger partial charge on any atom is 0.259 e. The molecule has 0 saturated carbocycles. The third-order valence-electron chi connectivity index (χ3n) is 4.02. The maximum atomic E-state index is 12.4. The smallest absolute Gasteiger partial charge is 0.259 e. The molecule has 5 nitrogen and oxygen atoms in total. The Balaban J connectivity index is 1.60. The van der Waals surface area contributed by atoms with Crippen LogP contribution in [0.25, 0.3) is 16.6 Å². The molecule has 0 fully saturated rings. The van der Waals surface area contributed by atoms with E-state index >= 15 is 0 Å². The van der Waals surface area contributed by atoms with Crippen LogP contribution < -0.4 is 4.74 Å². The standard InChI is InChI=1S/C22H19ClN2O3S/c1-25(2)21(27)13-28-19-10-5-15(6-11-19)20(26)12-9-18-14-29-22(24-18)16-3-7-17(23)8-4-16/h3-12,14H,13H2,1-2H3/b12-9+. The van der Waals surface area contributed by atoms with Crippen molar-refractivity contribution in [3.8, 4) is 16.3 Å². The number of halogens is 1. The van der Waals surface area contributed by atoms with Crippen molar-refractivity contribution < 1.29 is 14.3 Å². The highest BCUT2D eigenvalue weighted by Gasteiger charge is 2.07. The van der Waals surface area contributed by atoms with Crippen molar-refractivity contribution in [3.05, 3.63) is 76.3 Å². The Hall–Kier alpha value is -2.96. The topological polar surface area (TPSA) is 59.5 Å². The molecule has 0 aliphatic rings. The van der Waals surface area contributed by atoms with Crippen molar-refractivity contribution in [1.82, 2.24) is 9.88 Å². The van der Waals surface area contributed by atoms with Gasteiger partial charge >= 0.3 is 0 Å². The fraction of sp³-hybridized carbons (Fsp3) is 0.136. The van der Waals surface area contributed by atoms with Crippen molar-refractivity contribution in [2.75, 3.05) is 20.7 Å². The average Bonchev–Trinajstić information content (AvgIpc) is 3.20. The average molecular weight is 427 g/mol. The monoisotopic (exact) mass is 426 g/mol. The molecular weight excluding hydrogens is 408 g/mol. The Kier molecular flexibility index (Phi) is 6.80. The second-order valence-electron chi connectivity index (χ2n) is 6.38. The second-order valence-corrected chi connectivity index (χ2v) is 7.68. The molecule has 0 spiro atoms. The number of rotatable bonds is 7. The van der Waals surface area contributed by atoms with Crippen LogP contribution >= 0.6 is 22.9 Å². The number of carbonyl (C=O) groups excluding carboxylic acids is 2. The number of allylic oxidation sites excluding steroid dienone is 1. The molecule has 0 bridgehead atoms. The van der Waals surface area contributed by atoms with E-state index < -0.39 is 0 Å². The second kappa shape index (κ2) is 9.49. The van der Waals surface area contributed by atoms with Gasteiger partial charge in [0.1, 0.15) is 10.8 Å². The van der Waals surface area contributed by atoms with Crippen LogP contribution in [0.2, 0.25) is 5.02 Å². The first-order valence-electron chi connectivity index (χ1n) is 8.79. The summed E-state index contributed by atoms with van der Waals surface area (Å²) < 4.78 is 5.41. The minimum Gasteiger partial charge on any atom is -0.484 e. The van der Waals surface area contributed by atoms with Gasteiger partial charge in [0.15, 0.2) is 12.4 Å². The zero-order valence-electron chi connectivity index (χ0n) is 16.0. The van der Waals surface area contributed by atoms with Crippen LogP contribution in [-0.2, 0) is 4.79 Å². The van der Waals surface area contributed by atoms with Crippen LogP contribution in [0.15, 0.2) is 60.0 Å². The lowest BCUT2D eigenvalue weighted by atomic mass is 10.1. The van der Waals surface area contributed by atoms with Gasteiger partial charge in [-0.05, 0) is 48.6 Å². The van der Waals surface area contributed by atoms with Crippen LogP contribution in [0.4, 0.5) is 0 Å². The molecule has 0 radical (unpaired) electrons. The molecule has 1 amide bonds. The van der Waals surface area contributed by atoms with Crippen LogP contribution in [0.1, 0.15) is 16.1 Å². The van der Waals surface area contributed by atoms with Crippen LogP contribution in [0.3, 0.4) is 0 Å². The van der Waals surface area contributed by atoms with E-state index in [4.69, 9.17) is 16.3 Å². The number of ether oxygens (including phenoxy) is 1. The zero-order chi connectivity index (χ0) is 20.8. The summed E-state index contributed by atoms with van der Waals surface area (Å²) in [5.74, 6) is 0.268. The molecular formula is C22H19ClN2O3S. The Morgan fingerprint density at radius 3 is 2.45 bits per heavy atom. The molecule has 29 heavy (non-hydrogen) atoms. The predicted octanol–water partition coefficient (Wildman–Crippen LogP) is 4.83. The van der Waals surface area contributed by atoms with E-state index in [0.717, 1.165) is 16.3 Å². The Morgan fingerprint density at radius 1 is 1.10 bits per heavy atom. The molecule has 3 rings (SSSR count). The number of likely N-dealkylation sites (N-methyl/N-ethyl adjacent to an activating group) is 1. The fourth-order valence-electron chi connectivity index (χ4n) is 2.33. The zero-order valence-corrected chi connectivity index (χ0v) is 17.5. The molecule has 0 atom stereocenters. The van der Waals surface area contributed by atoms with Gasteiger partial charge < -0.3 is 9.64 Å². The van der Waals surface area contributed by atoms with Crippen LogP contribution in [0.5, 0.6) is 5.75 Å². The molecule has 0 saturated heterocycles. The third kappa shape index (κ3) is 5.76. The molecule has 3 aromatic rings. The summed E-state index contributed by atoms with van der Waals surface area (Å²) in [7, 11) is 3.33. The van der Waals surface area contributed by atoms with Crippen molar-refractivity contribution in [2.45, 2.75) is 0 Å². The summed E-state index contributed by atoms with van der Waals surface area (Å²) in [6.07, 6.45) is 3.19. The summed E-state index contributed by atoms with van der Waals surface area (Å²) in [6.45, 7) is -0.0417. The Labute approximate surface area is 178 Å². The largest absolute Gasteiger partial charge is 0.484 e. The summed E-state index contributed by atoms with van der Waals surface area (Å²) >= 11 is 7.41. The molecule has 0 N–H and O–H groups in total. The lowest BCUT2D eigenvalue weighted by Gasteiger charge is -2.11. The molecule has 0 unspecified atom stereocenters. The lowest BCUT2D eigenvalue weighted by Crippen LogP contribution is -2.27. The van der Waals surface area contributed by atoms with E-state index in [1.807, 2.05) is 29.6 Å². The molecule has 148 valence electrons. The quantitative estimate of drug-likeness (QED) is 0.401. The SMILES string of the molecule is CN(C)C(=O)COc1ccc(C(=O)/C=C/c2csc(-c3ccc(Cl)cc3)n2)cc1. The van der Waals surface area contributed by atoms with Crippen LogP contribution in [-0.4, -0.2) is 42.3 Å². The van der Waals surface area contributed by atoms with Gasteiger partial charge in [-0.25, -0.2) is 4.98 Å². The first-order chi connectivity index (χ1) is 13.9. The Morgan fingerprint density at radius 2 is 1.79 bits per heavy atom. The highest BCUT2D eigenvalue weighted by Crippen LogP contribution is 2.25. The first kappa shape index (κ1) is 20.8. The summed E-state index contributed by atoms with van der Waals surface area (Å²) in [5.41, 5.74) is 2.23. The first-order valence-corrected chi connectivity index (χ1v) is 10.0. The van der Waals surface area contributed by atoms with Gasteiger partial charge in [0, 0.05) is 35.6 Å². The van der Waals surface area contributed by atoms with E-state index in [-0.39, 0.29) is 18.3 Å². The van der Waals surface area contributed by atoms with E-state index in [2.05, 4.69) is 4.98 Å². The summed E-state index contributed by atoms with van der Waals surface area (Å²) in [6, 6.07) is 14.1. The summed E-state index contributed by atoms with van der Waals surface area (Å²) in [4.78, 5) is 29.9. The highest BCUT2D eigenvalue weighted by molar-refractivity contribution is 7.13. The highest BCUT2D eigenvalue weighted by atomic mass is 35.5.